The van der Waals surface area contributed by atoms with Gasteiger partial charge in [-0.1, -0.05) is 41.5 Å². The highest BCUT2D eigenvalue weighted by Gasteiger charge is 1.98. The van der Waals surface area contributed by atoms with Crippen LogP contribution in [-0.2, 0) is 0 Å². The number of nitrogens with one attached hydrogen (secondary N) is 2. The number of hydrogen-bond acceptors (Lipinski definition) is 5. The summed E-state index contributed by atoms with van der Waals surface area (Å²) in [6.07, 6.45) is 2.77. The van der Waals surface area contributed by atoms with Crippen molar-refractivity contribution in [1.82, 2.24) is 29.7 Å². The number of fused-ring (bicyclic) bond motifs is 1. The first kappa shape index (κ1) is 22.3. The Balaban J connectivity index is 0.000000343. The maximum Gasteiger partial charge on any atom is 0.278 e. The van der Waals surface area contributed by atoms with Gasteiger partial charge in [0.2, 0.25) is 0 Å². The van der Waals surface area contributed by atoms with Crippen LogP contribution >= 0.6 is 0 Å². The molecule has 0 aromatic carbocycles. The molecular weight excluding hydrogens is 304 g/mol. The van der Waals surface area contributed by atoms with Crippen LogP contribution in [0.5, 0.6) is 0 Å². The van der Waals surface area contributed by atoms with Crippen LogP contribution in [0.15, 0.2) is 17.4 Å². The van der Waals surface area contributed by atoms with Gasteiger partial charge in [0.15, 0.2) is 11.2 Å². The van der Waals surface area contributed by atoms with Crippen LogP contribution in [-0.4, -0.2) is 69.0 Å². The van der Waals surface area contributed by atoms with Crippen molar-refractivity contribution in [2.24, 2.45) is 0 Å². The molecule has 138 valence electrons. The monoisotopic (exact) mass is 338 g/mol. The lowest BCUT2D eigenvalue weighted by Crippen LogP contribution is -2.21. The molecule has 0 aliphatic heterocycles. The van der Waals surface area contributed by atoms with Crippen LogP contribution < -0.4 is 5.56 Å². The molecule has 0 aliphatic rings. The van der Waals surface area contributed by atoms with E-state index in [-0.39, 0.29) is 5.56 Å². The Bertz CT molecular complexity index is 548. The zero-order chi connectivity index (χ0) is 18.4. The quantitative estimate of drug-likeness (QED) is 0.845. The second kappa shape index (κ2) is 13.7. The van der Waals surface area contributed by atoms with E-state index in [0.29, 0.717) is 11.2 Å². The van der Waals surface area contributed by atoms with E-state index in [9.17, 15) is 4.79 Å². The Morgan fingerprint density at radius 1 is 0.750 bits per heavy atom. The molecule has 7 heteroatoms. The molecule has 0 bridgehead atoms. The SMILES string of the molecule is CCN(CC)CC.CCN(CC)CC.O=c1[nH]cnc2[nH]cnc12. The summed E-state index contributed by atoms with van der Waals surface area (Å²) in [7, 11) is 0. The lowest BCUT2D eigenvalue weighted by molar-refractivity contribution is 0.321. The number of H-pyrrole nitrogens is 2. The van der Waals surface area contributed by atoms with E-state index in [0.717, 1.165) is 0 Å². The molecule has 0 amide bonds. The number of aromatic amines is 2. The van der Waals surface area contributed by atoms with E-state index in [1.807, 2.05) is 0 Å². The number of hydrogen-bond donors (Lipinski definition) is 2. The molecular formula is C17H34N6O. The minimum Gasteiger partial charge on any atom is -0.329 e. The molecule has 2 heterocycles. The first-order valence-electron chi connectivity index (χ1n) is 8.89. The van der Waals surface area contributed by atoms with Crippen LogP contribution in [0.2, 0.25) is 0 Å². The third-order valence-electron chi connectivity index (χ3n) is 3.91. The van der Waals surface area contributed by atoms with Gasteiger partial charge in [0, 0.05) is 0 Å². The first-order chi connectivity index (χ1) is 11.6. The fourth-order valence-corrected chi connectivity index (χ4v) is 2.12. The van der Waals surface area contributed by atoms with Gasteiger partial charge in [-0.2, -0.15) is 0 Å². The second-order valence-corrected chi connectivity index (χ2v) is 5.07. The third kappa shape index (κ3) is 8.21. The minimum absolute atomic E-state index is 0.216. The normalized spacial score (nSPS) is 10.3. The molecule has 2 rings (SSSR count). The van der Waals surface area contributed by atoms with E-state index in [1.54, 1.807) is 0 Å². The van der Waals surface area contributed by atoms with Crippen molar-refractivity contribution < 1.29 is 0 Å². The van der Waals surface area contributed by atoms with E-state index >= 15 is 0 Å². The van der Waals surface area contributed by atoms with Crippen molar-refractivity contribution in [3.05, 3.63) is 23.0 Å². The van der Waals surface area contributed by atoms with E-state index in [4.69, 9.17) is 0 Å². The molecule has 0 saturated carbocycles. The highest BCUT2D eigenvalue weighted by atomic mass is 16.1. The Labute approximate surface area is 145 Å². The highest BCUT2D eigenvalue weighted by Crippen LogP contribution is 1.94. The van der Waals surface area contributed by atoms with Crippen molar-refractivity contribution in [3.63, 3.8) is 0 Å². The van der Waals surface area contributed by atoms with Crippen LogP contribution in [0.4, 0.5) is 0 Å². The number of nitrogens with zero attached hydrogens (tertiary/aromatic N) is 4. The molecule has 2 aromatic heterocycles. The molecule has 0 aliphatic carbocycles. The third-order valence-corrected chi connectivity index (χ3v) is 3.91. The number of aromatic nitrogens is 4. The van der Waals surface area contributed by atoms with Gasteiger partial charge in [0.25, 0.3) is 5.56 Å². The summed E-state index contributed by atoms with van der Waals surface area (Å²) in [6, 6.07) is 0. The molecule has 2 N–H and O–H groups in total. The van der Waals surface area contributed by atoms with Gasteiger partial charge in [0.05, 0.1) is 12.7 Å². The summed E-state index contributed by atoms with van der Waals surface area (Å²) >= 11 is 0. The summed E-state index contributed by atoms with van der Waals surface area (Å²) in [5.41, 5.74) is 0.650. The smallest absolute Gasteiger partial charge is 0.278 e. The summed E-state index contributed by atoms with van der Waals surface area (Å²) < 4.78 is 0. The van der Waals surface area contributed by atoms with Crippen molar-refractivity contribution in [2.75, 3.05) is 39.3 Å². The van der Waals surface area contributed by atoms with Crippen molar-refractivity contribution >= 4 is 11.2 Å². The maximum atomic E-state index is 10.9. The Hall–Kier alpha value is -1.73. The van der Waals surface area contributed by atoms with Gasteiger partial charge in [-0.05, 0) is 39.3 Å². The largest absolute Gasteiger partial charge is 0.329 e. The number of imidazole rings is 1. The average molecular weight is 338 g/mol. The van der Waals surface area contributed by atoms with Gasteiger partial charge in [-0.3, -0.25) is 4.79 Å². The topological polar surface area (TPSA) is 80.9 Å². The van der Waals surface area contributed by atoms with Gasteiger partial charge in [-0.25, -0.2) is 9.97 Å². The van der Waals surface area contributed by atoms with E-state index in [1.165, 1.54) is 51.9 Å². The summed E-state index contributed by atoms with van der Waals surface area (Å²) in [5, 5.41) is 0. The van der Waals surface area contributed by atoms with Gasteiger partial charge < -0.3 is 19.8 Å². The summed E-state index contributed by atoms with van der Waals surface area (Å²) in [4.78, 5) is 28.3. The van der Waals surface area contributed by atoms with Gasteiger partial charge >= 0.3 is 0 Å². The Morgan fingerprint density at radius 3 is 1.50 bits per heavy atom. The number of rotatable bonds is 6. The van der Waals surface area contributed by atoms with Crippen molar-refractivity contribution in [2.45, 2.75) is 41.5 Å². The molecule has 24 heavy (non-hydrogen) atoms. The molecule has 0 spiro atoms. The van der Waals surface area contributed by atoms with Crippen LogP contribution in [0.1, 0.15) is 41.5 Å². The highest BCUT2D eigenvalue weighted by molar-refractivity contribution is 5.67. The van der Waals surface area contributed by atoms with Crippen molar-refractivity contribution in [1.29, 1.82) is 0 Å². The maximum absolute atomic E-state index is 10.9. The predicted octanol–water partition coefficient (Wildman–Crippen LogP) is 2.34. The fraction of sp³-hybridized carbons (Fsp3) is 0.706. The molecule has 2 aromatic rings. The summed E-state index contributed by atoms with van der Waals surface area (Å²) in [5.74, 6) is 0. The first-order valence-corrected chi connectivity index (χ1v) is 8.89. The molecule has 0 fully saturated rings. The van der Waals surface area contributed by atoms with Crippen LogP contribution in [0.3, 0.4) is 0 Å². The molecule has 0 atom stereocenters. The zero-order valence-corrected chi connectivity index (χ0v) is 16.1. The average Bonchev–Trinajstić information content (AvgIpc) is 3.09. The zero-order valence-electron chi connectivity index (χ0n) is 16.1. The summed E-state index contributed by atoms with van der Waals surface area (Å²) in [6.45, 7) is 20.2. The molecule has 7 nitrogen and oxygen atoms in total. The fourth-order valence-electron chi connectivity index (χ4n) is 2.12. The lowest BCUT2D eigenvalue weighted by Gasteiger charge is -2.13. The van der Waals surface area contributed by atoms with Gasteiger partial charge in [0.1, 0.15) is 0 Å². The standard InChI is InChI=1S/2C6H15N.C5H4N4O/c2*1-4-7(5-2)6-3;10-5-3-4(7-1-6-3)8-2-9-5/h2*4-6H2,1-3H3;1-2H,(H2,6,7,8,9,10). The molecule has 0 radical (unpaired) electrons. The van der Waals surface area contributed by atoms with Crippen LogP contribution in [0, 0.1) is 0 Å². The predicted molar refractivity (Wildman–Crippen MR) is 101 cm³/mol. The minimum atomic E-state index is -0.216. The second-order valence-electron chi connectivity index (χ2n) is 5.07. The van der Waals surface area contributed by atoms with E-state index < -0.39 is 0 Å². The Kier molecular flexibility index (Phi) is 12.7. The lowest BCUT2D eigenvalue weighted by atomic mass is 10.5. The van der Waals surface area contributed by atoms with Gasteiger partial charge in [-0.15, -0.1) is 0 Å². The molecule has 0 saturated heterocycles. The van der Waals surface area contributed by atoms with Crippen LogP contribution in [0.25, 0.3) is 11.2 Å². The van der Waals surface area contributed by atoms with Crippen molar-refractivity contribution in [3.8, 4) is 0 Å². The molecule has 0 unspecified atom stereocenters. The Morgan fingerprint density at radius 2 is 1.17 bits per heavy atom. The van der Waals surface area contributed by atoms with E-state index in [2.05, 4.69) is 71.3 Å².